The van der Waals surface area contributed by atoms with E-state index >= 15 is 0 Å². The Bertz CT molecular complexity index is 234. The quantitative estimate of drug-likeness (QED) is 0.646. The normalized spacial score (nSPS) is 22.6. The maximum absolute atomic E-state index is 11.3. The summed E-state index contributed by atoms with van der Waals surface area (Å²) >= 11 is 0. The maximum atomic E-state index is 11.3. The topological polar surface area (TPSA) is 41.1 Å². The van der Waals surface area contributed by atoms with Crippen LogP contribution in [0, 0.1) is 11.8 Å². The molecule has 0 aromatic rings. The van der Waals surface area contributed by atoms with Crippen LogP contribution in [0.3, 0.4) is 0 Å². The van der Waals surface area contributed by atoms with Crippen LogP contribution in [0.1, 0.15) is 45.4 Å². The Labute approximate surface area is 98.4 Å². The molecule has 2 rings (SSSR count). The summed E-state index contributed by atoms with van der Waals surface area (Å²) in [6, 6.07) is 0.600. The summed E-state index contributed by atoms with van der Waals surface area (Å²) in [6.45, 7) is 3.94. The lowest BCUT2D eigenvalue weighted by Gasteiger charge is -2.28. The number of hydrogen-bond donors (Lipinski definition) is 2. The van der Waals surface area contributed by atoms with Gasteiger partial charge < -0.3 is 10.6 Å². The van der Waals surface area contributed by atoms with Crippen LogP contribution in [0.25, 0.3) is 0 Å². The molecule has 3 heteroatoms. The van der Waals surface area contributed by atoms with Gasteiger partial charge in [-0.15, -0.1) is 0 Å². The molecule has 0 radical (unpaired) electrons. The van der Waals surface area contributed by atoms with Crippen molar-refractivity contribution in [1.29, 1.82) is 0 Å². The van der Waals surface area contributed by atoms with Crippen molar-refractivity contribution in [3.8, 4) is 0 Å². The molecule has 0 saturated heterocycles. The van der Waals surface area contributed by atoms with Gasteiger partial charge in [0.1, 0.15) is 0 Å². The fraction of sp³-hybridized carbons (Fsp3) is 0.923. The van der Waals surface area contributed by atoms with Gasteiger partial charge in [-0.2, -0.15) is 0 Å². The fourth-order valence-corrected chi connectivity index (χ4v) is 2.31. The molecule has 0 bridgehead atoms. The predicted molar refractivity (Wildman–Crippen MR) is 65.2 cm³/mol. The molecule has 2 N–H and O–H groups in total. The van der Waals surface area contributed by atoms with E-state index in [0.717, 1.165) is 31.8 Å². The molecular weight excluding hydrogens is 200 g/mol. The first-order valence-corrected chi connectivity index (χ1v) is 6.77. The van der Waals surface area contributed by atoms with Gasteiger partial charge in [0.2, 0.25) is 5.91 Å². The molecule has 2 aliphatic rings. The van der Waals surface area contributed by atoms with Crippen LogP contribution in [0.4, 0.5) is 0 Å². The summed E-state index contributed by atoms with van der Waals surface area (Å²) in [5.41, 5.74) is 0. The SMILES string of the molecule is CC(CC1CCC1)NCCNC(=O)C1CC1. The summed E-state index contributed by atoms with van der Waals surface area (Å²) < 4.78 is 0. The highest BCUT2D eigenvalue weighted by molar-refractivity contribution is 5.80. The zero-order valence-corrected chi connectivity index (χ0v) is 10.3. The lowest BCUT2D eigenvalue weighted by atomic mass is 9.81. The van der Waals surface area contributed by atoms with Gasteiger partial charge in [0.25, 0.3) is 0 Å². The van der Waals surface area contributed by atoms with Crippen LogP contribution in [0.5, 0.6) is 0 Å². The zero-order valence-electron chi connectivity index (χ0n) is 10.3. The van der Waals surface area contributed by atoms with E-state index in [1.54, 1.807) is 0 Å². The van der Waals surface area contributed by atoms with E-state index in [-0.39, 0.29) is 5.91 Å². The molecule has 2 aliphatic carbocycles. The van der Waals surface area contributed by atoms with Crippen molar-refractivity contribution in [1.82, 2.24) is 10.6 Å². The van der Waals surface area contributed by atoms with Gasteiger partial charge >= 0.3 is 0 Å². The highest BCUT2D eigenvalue weighted by atomic mass is 16.2. The van der Waals surface area contributed by atoms with E-state index in [1.165, 1.54) is 25.7 Å². The third-order valence-electron chi connectivity index (χ3n) is 3.78. The van der Waals surface area contributed by atoms with E-state index in [9.17, 15) is 4.79 Å². The van der Waals surface area contributed by atoms with Gasteiger partial charge in [-0.3, -0.25) is 4.79 Å². The van der Waals surface area contributed by atoms with E-state index in [4.69, 9.17) is 0 Å². The zero-order chi connectivity index (χ0) is 11.4. The second kappa shape index (κ2) is 5.67. The van der Waals surface area contributed by atoms with Crippen molar-refractivity contribution < 1.29 is 4.79 Å². The van der Waals surface area contributed by atoms with Gasteiger partial charge in [-0.05, 0) is 32.1 Å². The number of carbonyl (C=O) groups is 1. The lowest BCUT2D eigenvalue weighted by Crippen LogP contribution is -2.37. The van der Waals surface area contributed by atoms with Crippen molar-refractivity contribution >= 4 is 5.91 Å². The number of hydrogen-bond acceptors (Lipinski definition) is 2. The molecule has 1 amide bonds. The molecule has 1 atom stereocenters. The maximum Gasteiger partial charge on any atom is 0.223 e. The number of amides is 1. The largest absolute Gasteiger partial charge is 0.355 e. The van der Waals surface area contributed by atoms with Gasteiger partial charge in [-0.25, -0.2) is 0 Å². The molecule has 0 aromatic carbocycles. The molecular formula is C13H24N2O. The summed E-state index contributed by atoms with van der Waals surface area (Å²) in [4.78, 5) is 11.3. The summed E-state index contributed by atoms with van der Waals surface area (Å²) in [6.07, 6.45) is 7.76. The van der Waals surface area contributed by atoms with Crippen LogP contribution in [0.15, 0.2) is 0 Å². The van der Waals surface area contributed by atoms with E-state index in [0.29, 0.717) is 12.0 Å². The number of carbonyl (C=O) groups excluding carboxylic acids is 1. The summed E-state index contributed by atoms with van der Waals surface area (Å²) in [5.74, 6) is 1.56. The van der Waals surface area contributed by atoms with Crippen molar-refractivity contribution in [3.63, 3.8) is 0 Å². The minimum atomic E-state index is 0.258. The molecule has 92 valence electrons. The average molecular weight is 224 g/mol. The highest BCUT2D eigenvalue weighted by Gasteiger charge is 2.29. The average Bonchev–Trinajstić information content (AvgIpc) is 3.01. The monoisotopic (exact) mass is 224 g/mol. The fourth-order valence-electron chi connectivity index (χ4n) is 2.31. The van der Waals surface area contributed by atoms with Crippen LogP contribution >= 0.6 is 0 Å². The molecule has 2 saturated carbocycles. The molecule has 1 unspecified atom stereocenters. The molecule has 0 spiro atoms. The highest BCUT2D eigenvalue weighted by Crippen LogP contribution is 2.30. The first-order valence-electron chi connectivity index (χ1n) is 6.77. The third-order valence-corrected chi connectivity index (χ3v) is 3.78. The predicted octanol–water partition coefficient (Wildman–Crippen LogP) is 1.68. The molecule has 0 heterocycles. The molecule has 2 fully saturated rings. The van der Waals surface area contributed by atoms with Gasteiger partial charge in [0.15, 0.2) is 0 Å². The first-order chi connectivity index (χ1) is 7.75. The lowest BCUT2D eigenvalue weighted by molar-refractivity contribution is -0.122. The van der Waals surface area contributed by atoms with E-state index < -0.39 is 0 Å². The van der Waals surface area contributed by atoms with Crippen molar-refractivity contribution in [2.45, 2.75) is 51.5 Å². The second-order valence-electron chi connectivity index (χ2n) is 5.45. The van der Waals surface area contributed by atoms with Crippen LogP contribution < -0.4 is 10.6 Å². The molecule has 0 aromatic heterocycles. The van der Waals surface area contributed by atoms with Crippen LogP contribution in [0.2, 0.25) is 0 Å². The van der Waals surface area contributed by atoms with Crippen molar-refractivity contribution in [3.05, 3.63) is 0 Å². The van der Waals surface area contributed by atoms with Gasteiger partial charge in [-0.1, -0.05) is 19.3 Å². The Morgan fingerprint density at radius 1 is 1.25 bits per heavy atom. The summed E-state index contributed by atoms with van der Waals surface area (Å²) in [7, 11) is 0. The molecule has 3 nitrogen and oxygen atoms in total. The third kappa shape index (κ3) is 3.78. The summed E-state index contributed by atoms with van der Waals surface area (Å²) in [5, 5.41) is 6.46. The van der Waals surface area contributed by atoms with Crippen LogP contribution in [-0.4, -0.2) is 25.0 Å². The molecule has 0 aliphatic heterocycles. The Kier molecular flexibility index (Phi) is 4.22. The minimum absolute atomic E-state index is 0.258. The molecule has 16 heavy (non-hydrogen) atoms. The Morgan fingerprint density at radius 3 is 2.56 bits per heavy atom. The Hall–Kier alpha value is -0.570. The standard InChI is InChI=1S/C13H24N2O/c1-10(9-11-3-2-4-11)14-7-8-15-13(16)12-5-6-12/h10-12,14H,2-9H2,1H3,(H,15,16). The Balaban J connectivity index is 1.45. The second-order valence-corrected chi connectivity index (χ2v) is 5.45. The number of rotatable bonds is 7. The van der Waals surface area contributed by atoms with Gasteiger partial charge in [0.05, 0.1) is 0 Å². The minimum Gasteiger partial charge on any atom is -0.355 e. The Morgan fingerprint density at radius 2 is 2.00 bits per heavy atom. The van der Waals surface area contributed by atoms with Crippen molar-refractivity contribution in [2.75, 3.05) is 13.1 Å². The van der Waals surface area contributed by atoms with E-state index in [1.807, 2.05) is 0 Å². The van der Waals surface area contributed by atoms with Gasteiger partial charge in [0, 0.05) is 25.0 Å². The smallest absolute Gasteiger partial charge is 0.223 e. The number of nitrogens with one attached hydrogen (secondary N) is 2. The van der Waals surface area contributed by atoms with Crippen molar-refractivity contribution in [2.24, 2.45) is 11.8 Å². The van der Waals surface area contributed by atoms with E-state index in [2.05, 4.69) is 17.6 Å². The van der Waals surface area contributed by atoms with Crippen LogP contribution in [-0.2, 0) is 4.79 Å². The first kappa shape index (κ1) is 11.9.